The first-order valence-corrected chi connectivity index (χ1v) is 8.96. The fourth-order valence-electron chi connectivity index (χ4n) is 2.67. The van der Waals surface area contributed by atoms with Crippen LogP contribution in [-0.2, 0) is 19.2 Å². The lowest BCUT2D eigenvalue weighted by atomic mass is 9.94. The molecule has 0 spiro atoms. The minimum absolute atomic E-state index is 0.200. The second-order valence-electron chi connectivity index (χ2n) is 7.06. The minimum Gasteiger partial charge on any atom is -0.481 e. The molecule has 16 heteroatoms. The number of piperidine rings is 1. The number of carbonyl (C=O) groups is 4. The maximum atomic E-state index is 12.0. The number of likely N-dealkylation sites (tertiary alicyclic amines) is 1. The molecule has 1 aliphatic heterocycles. The van der Waals surface area contributed by atoms with Crippen LogP contribution < -0.4 is 5.73 Å². The third-order valence-corrected chi connectivity index (χ3v) is 4.50. The van der Waals surface area contributed by atoms with Gasteiger partial charge in [0.05, 0.1) is 32.0 Å². The Labute approximate surface area is 181 Å². The van der Waals surface area contributed by atoms with Crippen molar-refractivity contribution < 1.29 is 60.0 Å². The van der Waals surface area contributed by atoms with Gasteiger partial charge >= 0.3 is 17.9 Å². The highest BCUT2D eigenvalue weighted by Gasteiger charge is 2.43. The normalized spacial score (nSPS) is 22.9. The summed E-state index contributed by atoms with van der Waals surface area (Å²) in [5.74, 6) is -5.83. The Kier molecular flexibility index (Phi) is 11.0. The highest BCUT2D eigenvalue weighted by molar-refractivity contribution is 5.88. The number of amides is 1. The van der Waals surface area contributed by atoms with E-state index in [1.54, 1.807) is 0 Å². The van der Waals surface area contributed by atoms with E-state index in [0.29, 0.717) is 0 Å². The van der Waals surface area contributed by atoms with Crippen molar-refractivity contribution in [1.82, 2.24) is 9.80 Å². The van der Waals surface area contributed by atoms with Crippen LogP contribution in [0.25, 0.3) is 0 Å². The summed E-state index contributed by atoms with van der Waals surface area (Å²) in [6, 6.07) is -0.994. The summed E-state index contributed by atoms with van der Waals surface area (Å²) in [6.07, 6.45) is -6.42. The number of β-amino-alcohol motifs (C(OH)–C–C–N with tert-alkyl or cyclic N) is 1. The van der Waals surface area contributed by atoms with Crippen LogP contribution in [-0.4, -0.2) is 137 Å². The van der Waals surface area contributed by atoms with Crippen molar-refractivity contribution in [2.45, 2.75) is 42.8 Å². The van der Waals surface area contributed by atoms with Crippen molar-refractivity contribution in [2.75, 3.05) is 26.7 Å². The van der Waals surface area contributed by atoms with E-state index in [-0.39, 0.29) is 19.0 Å². The van der Waals surface area contributed by atoms with Crippen LogP contribution >= 0.6 is 0 Å². The molecule has 184 valence electrons. The summed E-state index contributed by atoms with van der Waals surface area (Å²) in [5.41, 5.74) is 2.47. The highest BCUT2D eigenvalue weighted by Crippen LogP contribution is 2.19. The van der Waals surface area contributed by atoms with E-state index in [1.807, 2.05) is 0 Å². The number of nitrogens with one attached hydrogen (secondary N) is 1. The molecule has 1 rings (SSSR count). The molecule has 16 nitrogen and oxygen atoms in total. The molecule has 1 saturated heterocycles. The Morgan fingerprint density at radius 2 is 1.53 bits per heavy atom. The van der Waals surface area contributed by atoms with E-state index in [2.05, 4.69) is 0 Å². The molecular weight excluding hydrogens is 440 g/mol. The lowest BCUT2D eigenvalue weighted by Gasteiger charge is -2.43. The average molecular weight is 468 g/mol. The van der Waals surface area contributed by atoms with Crippen molar-refractivity contribution in [3.8, 4) is 0 Å². The SMILES string of the molecule is CN(CC(=O)N1C[C@H](O)[C@@H](O)[C@@H](O)C1CO)C(=N)N.O=C(O)CC(O)(CC(=O)O)C(=O)O. The number of aliphatic carboxylic acids is 3. The Hall–Kier alpha value is -3.05. The van der Waals surface area contributed by atoms with Crippen LogP contribution in [0.3, 0.4) is 0 Å². The molecule has 1 amide bonds. The fraction of sp³-hybridized carbons (Fsp3) is 0.688. The summed E-state index contributed by atoms with van der Waals surface area (Å²) >= 11 is 0. The molecule has 4 atom stereocenters. The molecule has 1 heterocycles. The van der Waals surface area contributed by atoms with Crippen LogP contribution in [0.2, 0.25) is 0 Å². The van der Waals surface area contributed by atoms with Crippen LogP contribution in [0.5, 0.6) is 0 Å². The number of aliphatic hydroxyl groups is 5. The van der Waals surface area contributed by atoms with Gasteiger partial charge in [-0.15, -0.1) is 0 Å². The Balaban J connectivity index is 0.000000649. The zero-order valence-electron chi connectivity index (χ0n) is 17.0. The topological polar surface area (TPSA) is 286 Å². The number of rotatable bonds is 8. The molecule has 0 bridgehead atoms. The van der Waals surface area contributed by atoms with E-state index >= 15 is 0 Å². The van der Waals surface area contributed by atoms with Gasteiger partial charge in [-0.25, -0.2) is 4.79 Å². The fourth-order valence-corrected chi connectivity index (χ4v) is 2.67. The number of carbonyl (C=O) groups excluding carboxylic acids is 1. The van der Waals surface area contributed by atoms with Gasteiger partial charge in [0.25, 0.3) is 0 Å². The average Bonchev–Trinajstić information content (AvgIpc) is 2.64. The second kappa shape index (κ2) is 12.1. The molecule has 11 N–H and O–H groups in total. The number of carboxylic acids is 3. The van der Waals surface area contributed by atoms with Gasteiger partial charge in [-0.1, -0.05) is 0 Å². The molecule has 1 aliphatic rings. The number of aliphatic hydroxyl groups excluding tert-OH is 4. The largest absolute Gasteiger partial charge is 0.481 e. The number of likely N-dealkylation sites (N-methyl/N-ethyl adjacent to an activating group) is 1. The Morgan fingerprint density at radius 1 is 1.06 bits per heavy atom. The maximum Gasteiger partial charge on any atom is 0.336 e. The van der Waals surface area contributed by atoms with E-state index in [0.717, 1.165) is 4.90 Å². The van der Waals surface area contributed by atoms with Gasteiger partial charge in [0.15, 0.2) is 11.6 Å². The summed E-state index contributed by atoms with van der Waals surface area (Å²) in [5, 5.41) is 79.0. The van der Waals surface area contributed by atoms with Gasteiger partial charge in [-0.3, -0.25) is 19.8 Å². The van der Waals surface area contributed by atoms with Crippen molar-refractivity contribution in [3.05, 3.63) is 0 Å². The zero-order valence-corrected chi connectivity index (χ0v) is 17.0. The minimum atomic E-state index is -2.74. The lowest BCUT2D eigenvalue weighted by molar-refractivity contribution is -0.170. The molecule has 0 radical (unpaired) electrons. The third kappa shape index (κ3) is 8.23. The van der Waals surface area contributed by atoms with Crippen molar-refractivity contribution >= 4 is 29.8 Å². The summed E-state index contributed by atoms with van der Waals surface area (Å²) in [4.78, 5) is 44.7. The van der Waals surface area contributed by atoms with Crippen LogP contribution in [0, 0.1) is 5.41 Å². The van der Waals surface area contributed by atoms with Crippen LogP contribution in [0.1, 0.15) is 12.8 Å². The molecule has 1 fully saturated rings. The first kappa shape index (κ1) is 28.9. The van der Waals surface area contributed by atoms with Gasteiger partial charge in [-0.05, 0) is 0 Å². The molecular formula is C16H28N4O12. The summed E-state index contributed by atoms with van der Waals surface area (Å²) in [7, 11) is 1.44. The predicted molar refractivity (Wildman–Crippen MR) is 102 cm³/mol. The Bertz CT molecular complexity index is 701. The van der Waals surface area contributed by atoms with E-state index < -0.39 is 73.2 Å². The lowest BCUT2D eigenvalue weighted by Crippen LogP contribution is -2.65. The van der Waals surface area contributed by atoms with Gasteiger partial charge < -0.3 is 56.4 Å². The monoisotopic (exact) mass is 468 g/mol. The number of guanidine groups is 1. The molecule has 0 saturated carbocycles. The van der Waals surface area contributed by atoms with Crippen LogP contribution in [0.4, 0.5) is 0 Å². The van der Waals surface area contributed by atoms with Gasteiger partial charge in [-0.2, -0.15) is 0 Å². The van der Waals surface area contributed by atoms with E-state index in [4.69, 9.17) is 31.6 Å². The van der Waals surface area contributed by atoms with Crippen LogP contribution in [0.15, 0.2) is 0 Å². The van der Waals surface area contributed by atoms with Crippen molar-refractivity contribution in [3.63, 3.8) is 0 Å². The first-order chi connectivity index (χ1) is 14.6. The maximum absolute atomic E-state index is 12.0. The van der Waals surface area contributed by atoms with E-state index in [1.165, 1.54) is 11.9 Å². The molecule has 32 heavy (non-hydrogen) atoms. The van der Waals surface area contributed by atoms with Gasteiger partial charge in [0.2, 0.25) is 5.91 Å². The molecule has 0 aliphatic carbocycles. The number of hydrogen-bond acceptors (Lipinski definition) is 10. The predicted octanol–water partition coefficient (Wildman–Crippen LogP) is -5.15. The number of nitrogens with zero attached hydrogens (tertiary/aromatic N) is 2. The third-order valence-electron chi connectivity index (χ3n) is 4.50. The molecule has 0 aromatic rings. The number of carboxylic acid groups (broad SMARTS) is 3. The molecule has 1 unspecified atom stereocenters. The number of hydrogen-bond donors (Lipinski definition) is 10. The smallest absolute Gasteiger partial charge is 0.336 e. The molecule has 0 aromatic carbocycles. The van der Waals surface area contributed by atoms with E-state index in [9.17, 15) is 39.6 Å². The number of nitrogens with two attached hydrogens (primary N) is 1. The van der Waals surface area contributed by atoms with Gasteiger partial charge in [0.1, 0.15) is 18.3 Å². The second-order valence-corrected chi connectivity index (χ2v) is 7.06. The van der Waals surface area contributed by atoms with Gasteiger partial charge in [0, 0.05) is 13.6 Å². The first-order valence-electron chi connectivity index (χ1n) is 8.96. The summed E-state index contributed by atoms with van der Waals surface area (Å²) < 4.78 is 0. The van der Waals surface area contributed by atoms with Crippen molar-refractivity contribution in [1.29, 1.82) is 5.41 Å². The Morgan fingerprint density at radius 3 is 1.88 bits per heavy atom. The molecule has 0 aromatic heterocycles. The summed E-state index contributed by atoms with van der Waals surface area (Å²) in [6.45, 7) is -0.962. The highest BCUT2D eigenvalue weighted by atomic mass is 16.4. The van der Waals surface area contributed by atoms with Crippen molar-refractivity contribution in [2.24, 2.45) is 5.73 Å². The zero-order chi connectivity index (χ0) is 25.4. The quantitative estimate of drug-likeness (QED) is 0.118. The standard InChI is InChI=1S/C10H20N4O5.C6H8O7/c1-13(10(11)12)3-7(17)14-2-6(16)9(19)8(18)5(14)4-15;7-3(8)1-6(13,5(11)12)2-4(9)10/h5-6,8-9,15-16,18-19H,2-4H2,1H3,(H3,11,12);13H,1-2H2,(H,7,8)(H,9,10)(H,11,12)/t5?,6-,8-,9+;/m0./s1.